The predicted octanol–water partition coefficient (Wildman–Crippen LogP) is 2.53. The Labute approximate surface area is 130 Å². The maximum absolute atomic E-state index is 13.6. The first-order valence-corrected chi connectivity index (χ1v) is 7.06. The molecule has 1 fully saturated rings. The molecule has 1 aromatic rings. The molecule has 0 radical (unpaired) electrons. The standard InChI is InChI=1S/C15H20F2N2O.ClH/c1-2-8-19(11-6-7-18-10-11)15(20)9-12-13(16)4-3-5-14(12)17;/h3-5,11,18H,2,6-10H2,1H3;1H. The maximum atomic E-state index is 13.6. The summed E-state index contributed by atoms with van der Waals surface area (Å²) in [5.41, 5.74) is -0.135. The molecule has 2 rings (SSSR count). The lowest BCUT2D eigenvalue weighted by Crippen LogP contribution is -2.43. The molecule has 118 valence electrons. The van der Waals surface area contributed by atoms with Crippen molar-refractivity contribution in [1.82, 2.24) is 10.2 Å². The van der Waals surface area contributed by atoms with Crippen molar-refractivity contribution in [1.29, 1.82) is 0 Å². The average Bonchev–Trinajstić information content (AvgIpc) is 2.94. The molecule has 1 amide bonds. The topological polar surface area (TPSA) is 32.3 Å². The Morgan fingerprint density at radius 1 is 1.38 bits per heavy atom. The number of rotatable bonds is 5. The quantitative estimate of drug-likeness (QED) is 0.905. The number of hydrogen-bond acceptors (Lipinski definition) is 2. The van der Waals surface area contributed by atoms with Crippen molar-refractivity contribution in [3.63, 3.8) is 0 Å². The lowest BCUT2D eigenvalue weighted by Gasteiger charge is -2.28. The Hall–Kier alpha value is -1.20. The van der Waals surface area contributed by atoms with Gasteiger partial charge in [-0.05, 0) is 31.5 Å². The van der Waals surface area contributed by atoms with Crippen LogP contribution in [0.15, 0.2) is 18.2 Å². The zero-order valence-corrected chi connectivity index (χ0v) is 12.9. The minimum atomic E-state index is -0.653. The van der Waals surface area contributed by atoms with Crippen LogP contribution in [0.25, 0.3) is 0 Å². The Bertz CT molecular complexity index is 458. The fourth-order valence-electron chi connectivity index (χ4n) is 2.61. The van der Waals surface area contributed by atoms with Crippen molar-refractivity contribution < 1.29 is 13.6 Å². The molecule has 0 aliphatic carbocycles. The molecule has 0 aromatic heterocycles. The van der Waals surface area contributed by atoms with E-state index in [1.54, 1.807) is 4.90 Å². The summed E-state index contributed by atoms with van der Waals surface area (Å²) in [6, 6.07) is 3.82. The summed E-state index contributed by atoms with van der Waals surface area (Å²) in [6.07, 6.45) is 1.52. The summed E-state index contributed by atoms with van der Waals surface area (Å²) in [7, 11) is 0. The molecule has 1 N–H and O–H groups in total. The number of hydrogen-bond donors (Lipinski definition) is 1. The van der Waals surface area contributed by atoms with E-state index >= 15 is 0 Å². The number of carbonyl (C=O) groups is 1. The van der Waals surface area contributed by atoms with E-state index in [4.69, 9.17) is 0 Å². The van der Waals surface area contributed by atoms with Crippen molar-refractivity contribution in [3.05, 3.63) is 35.4 Å². The number of halogens is 3. The normalized spacial score (nSPS) is 17.4. The van der Waals surface area contributed by atoms with E-state index in [0.29, 0.717) is 6.54 Å². The number of nitrogens with one attached hydrogen (secondary N) is 1. The summed E-state index contributed by atoms with van der Waals surface area (Å²) in [6.45, 7) is 4.26. The van der Waals surface area contributed by atoms with Crippen LogP contribution in [0.4, 0.5) is 8.78 Å². The van der Waals surface area contributed by atoms with Crippen molar-refractivity contribution in [2.45, 2.75) is 32.2 Å². The van der Waals surface area contributed by atoms with Gasteiger partial charge < -0.3 is 10.2 Å². The maximum Gasteiger partial charge on any atom is 0.227 e. The molecule has 0 saturated carbocycles. The SMILES string of the molecule is CCCN(C(=O)Cc1c(F)cccc1F)C1CCNC1.Cl. The van der Waals surface area contributed by atoms with Crippen LogP contribution >= 0.6 is 12.4 Å². The monoisotopic (exact) mass is 318 g/mol. The zero-order valence-electron chi connectivity index (χ0n) is 12.1. The largest absolute Gasteiger partial charge is 0.338 e. The number of benzene rings is 1. The molecule has 6 heteroatoms. The smallest absolute Gasteiger partial charge is 0.227 e. The first-order valence-electron chi connectivity index (χ1n) is 7.06. The van der Waals surface area contributed by atoms with E-state index in [-0.39, 0.29) is 36.3 Å². The van der Waals surface area contributed by atoms with E-state index in [2.05, 4.69) is 5.32 Å². The zero-order chi connectivity index (χ0) is 14.5. The van der Waals surface area contributed by atoms with E-state index in [9.17, 15) is 13.6 Å². The predicted molar refractivity (Wildman–Crippen MR) is 80.6 cm³/mol. The molecule has 1 aliphatic heterocycles. The first-order chi connectivity index (χ1) is 9.63. The van der Waals surface area contributed by atoms with Gasteiger partial charge >= 0.3 is 0 Å². The van der Waals surface area contributed by atoms with E-state index in [0.717, 1.165) is 25.9 Å². The number of nitrogens with zero attached hydrogens (tertiary/aromatic N) is 1. The lowest BCUT2D eigenvalue weighted by atomic mass is 10.1. The Kier molecular flexibility index (Phi) is 7.05. The van der Waals surface area contributed by atoms with Crippen LogP contribution in [0.3, 0.4) is 0 Å². The van der Waals surface area contributed by atoms with Crippen LogP contribution in [-0.2, 0) is 11.2 Å². The van der Waals surface area contributed by atoms with Gasteiger partial charge in [-0.1, -0.05) is 13.0 Å². The highest BCUT2D eigenvalue weighted by Gasteiger charge is 2.27. The van der Waals surface area contributed by atoms with Gasteiger partial charge in [-0.3, -0.25) is 4.79 Å². The van der Waals surface area contributed by atoms with Gasteiger partial charge in [0, 0.05) is 24.7 Å². The summed E-state index contributed by atoms with van der Waals surface area (Å²) in [5, 5.41) is 3.21. The second-order valence-corrected chi connectivity index (χ2v) is 5.11. The Balaban J connectivity index is 0.00000220. The fraction of sp³-hybridized carbons (Fsp3) is 0.533. The number of carbonyl (C=O) groups excluding carboxylic acids is 1. The summed E-state index contributed by atoms with van der Waals surface area (Å²) >= 11 is 0. The van der Waals surface area contributed by atoms with Gasteiger partial charge in [0.1, 0.15) is 11.6 Å². The second-order valence-electron chi connectivity index (χ2n) is 5.11. The van der Waals surface area contributed by atoms with Gasteiger partial charge in [-0.2, -0.15) is 0 Å². The molecule has 0 spiro atoms. The lowest BCUT2D eigenvalue weighted by molar-refractivity contribution is -0.132. The highest BCUT2D eigenvalue weighted by atomic mass is 35.5. The van der Waals surface area contributed by atoms with Crippen molar-refractivity contribution in [3.8, 4) is 0 Å². The molecular weight excluding hydrogens is 298 g/mol. The third kappa shape index (κ3) is 4.38. The molecular formula is C15H21ClF2N2O. The third-order valence-corrected chi connectivity index (χ3v) is 3.65. The van der Waals surface area contributed by atoms with Gasteiger partial charge in [-0.25, -0.2) is 8.78 Å². The minimum absolute atomic E-state index is 0. The Morgan fingerprint density at radius 2 is 2.05 bits per heavy atom. The van der Waals surface area contributed by atoms with Crippen LogP contribution in [-0.4, -0.2) is 36.5 Å². The minimum Gasteiger partial charge on any atom is -0.338 e. The summed E-state index contributed by atoms with van der Waals surface area (Å²) in [5.74, 6) is -1.51. The second kappa shape index (κ2) is 8.29. The van der Waals surface area contributed by atoms with Crippen LogP contribution < -0.4 is 5.32 Å². The summed E-state index contributed by atoms with van der Waals surface area (Å²) < 4.78 is 27.2. The van der Waals surface area contributed by atoms with E-state index in [1.165, 1.54) is 18.2 Å². The van der Waals surface area contributed by atoms with Gasteiger partial charge in [0.15, 0.2) is 0 Å². The number of amides is 1. The van der Waals surface area contributed by atoms with Crippen LogP contribution in [0.2, 0.25) is 0 Å². The van der Waals surface area contributed by atoms with Gasteiger partial charge in [0.05, 0.1) is 6.42 Å². The average molecular weight is 319 g/mol. The van der Waals surface area contributed by atoms with Crippen LogP contribution in [0, 0.1) is 11.6 Å². The molecule has 21 heavy (non-hydrogen) atoms. The molecule has 1 aromatic carbocycles. The Morgan fingerprint density at radius 3 is 2.57 bits per heavy atom. The molecule has 1 atom stereocenters. The van der Waals surface area contributed by atoms with Gasteiger partial charge in [-0.15, -0.1) is 12.4 Å². The van der Waals surface area contributed by atoms with Gasteiger partial charge in [0.2, 0.25) is 5.91 Å². The molecule has 1 unspecified atom stereocenters. The fourth-order valence-corrected chi connectivity index (χ4v) is 2.61. The van der Waals surface area contributed by atoms with Crippen molar-refractivity contribution in [2.75, 3.05) is 19.6 Å². The van der Waals surface area contributed by atoms with Crippen LogP contribution in [0.5, 0.6) is 0 Å². The molecule has 1 saturated heterocycles. The van der Waals surface area contributed by atoms with Crippen molar-refractivity contribution in [2.24, 2.45) is 0 Å². The first kappa shape index (κ1) is 17.9. The highest BCUT2D eigenvalue weighted by Crippen LogP contribution is 2.16. The van der Waals surface area contributed by atoms with E-state index < -0.39 is 11.6 Å². The third-order valence-electron chi connectivity index (χ3n) is 3.65. The highest BCUT2D eigenvalue weighted by molar-refractivity contribution is 5.85. The van der Waals surface area contributed by atoms with Crippen LogP contribution in [0.1, 0.15) is 25.3 Å². The van der Waals surface area contributed by atoms with Crippen molar-refractivity contribution >= 4 is 18.3 Å². The molecule has 3 nitrogen and oxygen atoms in total. The van der Waals surface area contributed by atoms with E-state index in [1.807, 2.05) is 6.92 Å². The molecule has 0 bridgehead atoms. The molecule has 1 heterocycles. The van der Waals surface area contributed by atoms with Gasteiger partial charge in [0.25, 0.3) is 0 Å². The molecule has 1 aliphatic rings. The summed E-state index contributed by atoms with van der Waals surface area (Å²) in [4.78, 5) is 14.1.